The minimum atomic E-state index is -0.861. The van der Waals surface area contributed by atoms with Gasteiger partial charge in [0.15, 0.2) is 0 Å². The van der Waals surface area contributed by atoms with Crippen molar-refractivity contribution in [3.63, 3.8) is 0 Å². The van der Waals surface area contributed by atoms with Crippen LogP contribution in [0.25, 0.3) is 10.9 Å². The Labute approximate surface area is 136 Å². The first-order chi connectivity index (χ1) is 11.6. The van der Waals surface area contributed by atoms with Gasteiger partial charge < -0.3 is 14.8 Å². The number of hydrogen-bond acceptors (Lipinski definition) is 7. The number of nitrogens with zero attached hydrogens (tertiary/aromatic N) is 3. The van der Waals surface area contributed by atoms with E-state index >= 15 is 0 Å². The van der Waals surface area contributed by atoms with Gasteiger partial charge in [0.2, 0.25) is 0 Å². The first-order valence-corrected chi connectivity index (χ1v) is 7.03. The Morgan fingerprint density at radius 2 is 2.25 bits per heavy atom. The van der Waals surface area contributed by atoms with E-state index in [1.165, 1.54) is 30.5 Å². The highest BCUT2D eigenvalue weighted by Gasteiger charge is 2.13. The number of aliphatic hydroxyl groups excluding tert-OH is 1. The van der Waals surface area contributed by atoms with Gasteiger partial charge in [0.1, 0.15) is 17.7 Å². The second-order valence-corrected chi connectivity index (χ2v) is 5.04. The van der Waals surface area contributed by atoms with Crippen molar-refractivity contribution in [2.75, 3.05) is 11.9 Å². The smallest absolute Gasteiger partial charge is 0.270 e. The number of benzene rings is 1. The molecule has 0 spiro atoms. The normalized spacial score (nSPS) is 11.8. The van der Waals surface area contributed by atoms with Gasteiger partial charge in [-0.1, -0.05) is 0 Å². The topological polar surface area (TPSA) is 125 Å². The summed E-state index contributed by atoms with van der Waals surface area (Å²) in [6.45, 7) is 0.143. The van der Waals surface area contributed by atoms with Crippen LogP contribution in [0.5, 0.6) is 0 Å². The van der Waals surface area contributed by atoms with Crippen LogP contribution < -0.4 is 5.32 Å². The molecule has 3 rings (SSSR count). The van der Waals surface area contributed by atoms with Crippen LogP contribution in [-0.2, 0) is 0 Å². The van der Waals surface area contributed by atoms with E-state index in [4.69, 9.17) is 4.42 Å². The molecule has 0 saturated carbocycles. The minimum absolute atomic E-state index is 0.102. The maximum Gasteiger partial charge on any atom is 0.270 e. The van der Waals surface area contributed by atoms with E-state index in [1.54, 1.807) is 12.1 Å². The molecule has 0 aliphatic rings. The molecule has 0 aliphatic heterocycles. The van der Waals surface area contributed by atoms with Crippen LogP contribution in [0.4, 0.5) is 11.5 Å². The van der Waals surface area contributed by atoms with Crippen molar-refractivity contribution < 1.29 is 14.4 Å². The van der Waals surface area contributed by atoms with Crippen molar-refractivity contribution in [3.8, 4) is 6.07 Å². The fourth-order valence-corrected chi connectivity index (χ4v) is 2.29. The molecule has 1 atom stereocenters. The lowest BCUT2D eigenvalue weighted by atomic mass is 10.1. The van der Waals surface area contributed by atoms with E-state index in [0.717, 1.165) is 0 Å². The molecule has 3 aromatic rings. The molecule has 2 heterocycles. The summed E-state index contributed by atoms with van der Waals surface area (Å²) in [5.74, 6) is 0.804. The Bertz CT molecular complexity index is 931. The maximum atomic E-state index is 10.9. The zero-order valence-electron chi connectivity index (χ0n) is 12.3. The number of nitro benzene ring substituents is 1. The second-order valence-electron chi connectivity index (χ2n) is 5.04. The van der Waals surface area contributed by atoms with Gasteiger partial charge in [-0.3, -0.25) is 10.1 Å². The van der Waals surface area contributed by atoms with Gasteiger partial charge in [-0.25, -0.2) is 4.98 Å². The number of nitrogens with one attached hydrogen (secondary N) is 1. The predicted octanol–water partition coefficient (Wildman–Crippen LogP) is 2.75. The van der Waals surface area contributed by atoms with E-state index < -0.39 is 11.0 Å². The Morgan fingerprint density at radius 3 is 2.92 bits per heavy atom. The van der Waals surface area contributed by atoms with Gasteiger partial charge in [-0.05, 0) is 24.3 Å². The van der Waals surface area contributed by atoms with Crippen molar-refractivity contribution in [2.45, 2.75) is 6.10 Å². The molecule has 0 amide bonds. The third-order valence-corrected chi connectivity index (χ3v) is 3.47. The maximum absolute atomic E-state index is 10.9. The summed E-state index contributed by atoms with van der Waals surface area (Å²) in [7, 11) is 0. The summed E-state index contributed by atoms with van der Waals surface area (Å²) in [6, 6.07) is 11.0. The molecular weight excluding hydrogens is 312 g/mol. The van der Waals surface area contributed by atoms with E-state index in [-0.39, 0.29) is 17.8 Å². The summed E-state index contributed by atoms with van der Waals surface area (Å²) >= 11 is 0. The zero-order chi connectivity index (χ0) is 17.1. The molecule has 1 aromatic carbocycles. The summed E-state index contributed by atoms with van der Waals surface area (Å²) in [6.07, 6.45) is 0.605. The summed E-state index contributed by atoms with van der Waals surface area (Å²) in [4.78, 5) is 14.6. The predicted molar refractivity (Wildman–Crippen MR) is 85.3 cm³/mol. The van der Waals surface area contributed by atoms with E-state index in [9.17, 15) is 20.5 Å². The molecule has 0 fully saturated rings. The largest absolute Gasteiger partial charge is 0.467 e. The van der Waals surface area contributed by atoms with Crippen LogP contribution in [0.15, 0.2) is 47.1 Å². The fourth-order valence-electron chi connectivity index (χ4n) is 2.29. The van der Waals surface area contributed by atoms with E-state index in [0.29, 0.717) is 22.5 Å². The first-order valence-electron chi connectivity index (χ1n) is 7.03. The molecule has 0 radical (unpaired) electrons. The molecule has 2 aromatic heterocycles. The SMILES string of the molecule is N#Cc1cc(NCC(O)c2ccco2)nc2ccc([N+](=O)[O-])cc12. The third kappa shape index (κ3) is 3.02. The van der Waals surface area contributed by atoms with Gasteiger partial charge in [0.05, 0.1) is 28.3 Å². The van der Waals surface area contributed by atoms with Gasteiger partial charge in [-0.15, -0.1) is 0 Å². The van der Waals surface area contributed by atoms with Gasteiger partial charge in [0.25, 0.3) is 5.69 Å². The van der Waals surface area contributed by atoms with Crippen LogP contribution in [0.3, 0.4) is 0 Å². The number of fused-ring (bicyclic) bond motifs is 1. The average molecular weight is 324 g/mol. The molecule has 2 N–H and O–H groups in total. The molecule has 8 nitrogen and oxygen atoms in total. The summed E-state index contributed by atoms with van der Waals surface area (Å²) in [5.41, 5.74) is 0.614. The molecule has 0 aliphatic carbocycles. The number of non-ortho nitro benzene ring substituents is 1. The number of anilines is 1. The number of nitro groups is 1. The highest BCUT2D eigenvalue weighted by atomic mass is 16.6. The Balaban J connectivity index is 1.88. The van der Waals surface area contributed by atoms with Crippen LogP contribution in [0.1, 0.15) is 17.4 Å². The number of aliphatic hydroxyl groups is 1. The fraction of sp³-hybridized carbons (Fsp3) is 0.125. The van der Waals surface area contributed by atoms with Crippen LogP contribution in [0, 0.1) is 21.4 Å². The van der Waals surface area contributed by atoms with Crippen molar-refractivity contribution >= 4 is 22.4 Å². The number of pyridine rings is 1. The molecule has 120 valence electrons. The lowest BCUT2D eigenvalue weighted by Gasteiger charge is -2.11. The van der Waals surface area contributed by atoms with Crippen molar-refractivity contribution in [1.29, 1.82) is 5.26 Å². The quantitative estimate of drug-likeness (QED) is 0.546. The van der Waals surface area contributed by atoms with E-state index in [1.807, 2.05) is 6.07 Å². The van der Waals surface area contributed by atoms with Crippen LogP contribution >= 0.6 is 0 Å². The zero-order valence-corrected chi connectivity index (χ0v) is 12.3. The third-order valence-electron chi connectivity index (χ3n) is 3.47. The molecule has 24 heavy (non-hydrogen) atoms. The van der Waals surface area contributed by atoms with Crippen molar-refractivity contribution in [2.24, 2.45) is 0 Å². The molecule has 0 bridgehead atoms. The van der Waals surface area contributed by atoms with E-state index in [2.05, 4.69) is 10.3 Å². The van der Waals surface area contributed by atoms with Crippen molar-refractivity contribution in [1.82, 2.24) is 4.98 Å². The molecule has 8 heteroatoms. The molecular formula is C16H12N4O4. The standard InChI is InChI=1S/C16H12N4O4/c17-8-10-6-16(18-9-14(21)15-2-1-5-24-15)19-13-4-3-11(20(22)23)7-12(10)13/h1-7,14,21H,9H2,(H,18,19). The van der Waals surface area contributed by atoms with Crippen molar-refractivity contribution in [3.05, 3.63) is 64.1 Å². The van der Waals surface area contributed by atoms with Gasteiger partial charge in [0, 0.05) is 24.1 Å². The Morgan fingerprint density at radius 1 is 1.42 bits per heavy atom. The lowest BCUT2D eigenvalue weighted by Crippen LogP contribution is -2.12. The van der Waals surface area contributed by atoms with Crippen LogP contribution in [-0.4, -0.2) is 21.6 Å². The monoisotopic (exact) mass is 324 g/mol. The van der Waals surface area contributed by atoms with Gasteiger partial charge >= 0.3 is 0 Å². The number of aromatic nitrogens is 1. The Hall–Kier alpha value is -3.44. The molecule has 0 saturated heterocycles. The minimum Gasteiger partial charge on any atom is -0.467 e. The Kier molecular flexibility index (Phi) is 4.09. The number of furan rings is 1. The summed E-state index contributed by atoms with van der Waals surface area (Å²) < 4.78 is 5.11. The second kappa shape index (κ2) is 6.36. The lowest BCUT2D eigenvalue weighted by molar-refractivity contribution is -0.384. The summed E-state index contributed by atoms with van der Waals surface area (Å²) in [5, 5.41) is 33.5. The number of hydrogen-bond donors (Lipinski definition) is 2. The van der Waals surface area contributed by atoms with Crippen LogP contribution in [0.2, 0.25) is 0 Å². The highest BCUT2D eigenvalue weighted by Crippen LogP contribution is 2.25. The van der Waals surface area contributed by atoms with Gasteiger partial charge in [-0.2, -0.15) is 5.26 Å². The highest BCUT2D eigenvalue weighted by molar-refractivity contribution is 5.88. The number of nitriles is 1. The first kappa shape index (κ1) is 15.5. The molecule has 1 unspecified atom stereocenters. The average Bonchev–Trinajstić information content (AvgIpc) is 3.13. The number of rotatable bonds is 5.